The maximum absolute atomic E-state index is 6.37. The van der Waals surface area contributed by atoms with Crippen LogP contribution in [0.5, 0.6) is 0 Å². The van der Waals surface area contributed by atoms with Crippen molar-refractivity contribution in [1.82, 2.24) is 19.0 Å². The van der Waals surface area contributed by atoms with E-state index in [2.05, 4.69) is 19.9 Å². The van der Waals surface area contributed by atoms with Gasteiger partial charge in [0.15, 0.2) is 0 Å². The number of anilines is 1. The molecule has 0 N–H and O–H groups in total. The van der Waals surface area contributed by atoms with E-state index in [-0.39, 0.29) is 5.28 Å². The zero-order valence-electron chi connectivity index (χ0n) is 10.9. The van der Waals surface area contributed by atoms with Gasteiger partial charge in [0.2, 0.25) is 5.28 Å². The summed E-state index contributed by atoms with van der Waals surface area (Å²) in [6, 6.07) is 9.72. The van der Waals surface area contributed by atoms with Crippen molar-refractivity contribution in [1.29, 1.82) is 0 Å². The Morgan fingerprint density at radius 1 is 1.10 bits per heavy atom. The normalized spacial score (nSPS) is 15.4. The molecule has 3 aromatic rings. The maximum atomic E-state index is 6.37. The summed E-state index contributed by atoms with van der Waals surface area (Å²) in [6.07, 6.45) is 1.66. The molecular formula is C14H11Cl2N5. The lowest BCUT2D eigenvalue weighted by Crippen LogP contribution is -2.46. The first-order valence-electron chi connectivity index (χ1n) is 6.59. The second-order valence-corrected chi connectivity index (χ2v) is 5.70. The summed E-state index contributed by atoms with van der Waals surface area (Å²) < 4.78 is 1.66. The summed E-state index contributed by atoms with van der Waals surface area (Å²) in [6.45, 7) is 1.65. The van der Waals surface area contributed by atoms with Crippen molar-refractivity contribution in [3.8, 4) is 0 Å². The molecule has 0 aliphatic carbocycles. The summed E-state index contributed by atoms with van der Waals surface area (Å²) in [5.41, 5.74) is 1.86. The van der Waals surface area contributed by atoms with Crippen LogP contribution < -0.4 is 4.90 Å². The van der Waals surface area contributed by atoms with E-state index in [9.17, 15) is 0 Å². The van der Waals surface area contributed by atoms with Gasteiger partial charge in [-0.1, -0.05) is 12.1 Å². The highest BCUT2D eigenvalue weighted by Crippen LogP contribution is 2.32. The predicted molar refractivity (Wildman–Crippen MR) is 83.0 cm³/mol. The van der Waals surface area contributed by atoms with Gasteiger partial charge in [-0.15, -0.1) is 0 Å². The third-order valence-electron chi connectivity index (χ3n) is 3.71. The second-order valence-electron chi connectivity index (χ2n) is 5.03. The highest BCUT2D eigenvalue weighted by atomic mass is 35.5. The summed E-state index contributed by atoms with van der Waals surface area (Å²) in [5, 5.41) is 0.264. The average molecular weight is 320 g/mol. The van der Waals surface area contributed by atoms with E-state index in [1.165, 1.54) is 0 Å². The average Bonchev–Trinajstić information content (AvgIpc) is 2.75. The molecule has 106 valence electrons. The van der Waals surface area contributed by atoms with E-state index < -0.39 is 0 Å². The molecule has 5 nitrogen and oxygen atoms in total. The Labute approximate surface area is 131 Å². The molecule has 4 rings (SSSR count). The monoisotopic (exact) mass is 319 g/mol. The summed E-state index contributed by atoms with van der Waals surface area (Å²) in [5.74, 6) is 2.03. The fraction of sp³-hybridized carbons (Fsp3) is 0.214. The number of para-hydroxylation sites is 2. The quantitative estimate of drug-likeness (QED) is 0.681. The minimum atomic E-state index is 0.264. The van der Waals surface area contributed by atoms with Gasteiger partial charge in [-0.05, 0) is 29.8 Å². The molecule has 7 heteroatoms. The summed E-state index contributed by atoms with van der Waals surface area (Å²) >= 11 is 12.2. The van der Waals surface area contributed by atoms with Crippen LogP contribution in [0.15, 0.2) is 36.5 Å². The highest BCUT2D eigenvalue weighted by molar-refractivity contribution is 6.28. The molecule has 1 aliphatic heterocycles. The fourth-order valence-corrected chi connectivity index (χ4v) is 3.06. The van der Waals surface area contributed by atoms with E-state index in [1.807, 2.05) is 30.3 Å². The molecule has 1 aromatic carbocycles. The van der Waals surface area contributed by atoms with Crippen LogP contribution in [0.3, 0.4) is 0 Å². The molecule has 0 spiro atoms. The van der Waals surface area contributed by atoms with Crippen LogP contribution in [0.1, 0.15) is 11.7 Å². The van der Waals surface area contributed by atoms with Gasteiger partial charge < -0.3 is 4.90 Å². The number of fused-ring (bicyclic) bond motifs is 1. The molecule has 0 unspecified atom stereocenters. The van der Waals surface area contributed by atoms with E-state index in [0.717, 1.165) is 35.8 Å². The lowest BCUT2D eigenvalue weighted by atomic mass is 9.99. The van der Waals surface area contributed by atoms with E-state index in [4.69, 9.17) is 23.4 Å². The number of aromatic nitrogens is 4. The van der Waals surface area contributed by atoms with Gasteiger partial charge in [0.1, 0.15) is 11.6 Å². The van der Waals surface area contributed by atoms with Gasteiger partial charge in [0.25, 0.3) is 0 Å². The molecule has 0 radical (unpaired) electrons. The molecule has 0 saturated carbocycles. The molecule has 1 fully saturated rings. The van der Waals surface area contributed by atoms with Gasteiger partial charge in [-0.3, -0.25) is 0 Å². The van der Waals surface area contributed by atoms with Crippen molar-refractivity contribution in [2.45, 2.75) is 5.92 Å². The Kier molecular flexibility index (Phi) is 2.97. The smallest absolute Gasteiger partial charge is 0.224 e. The van der Waals surface area contributed by atoms with E-state index in [0.29, 0.717) is 5.92 Å². The van der Waals surface area contributed by atoms with Crippen molar-refractivity contribution in [3.63, 3.8) is 0 Å². The van der Waals surface area contributed by atoms with Gasteiger partial charge in [-0.25, -0.2) is 19.0 Å². The second kappa shape index (κ2) is 4.86. The van der Waals surface area contributed by atoms with Crippen molar-refractivity contribution >= 4 is 40.2 Å². The molecule has 21 heavy (non-hydrogen) atoms. The Balaban J connectivity index is 1.58. The van der Waals surface area contributed by atoms with Gasteiger partial charge in [0.05, 0.1) is 17.0 Å². The summed E-state index contributed by atoms with van der Waals surface area (Å²) in [7, 11) is 0. The van der Waals surface area contributed by atoms with Crippen LogP contribution in [-0.4, -0.2) is 32.1 Å². The van der Waals surface area contributed by atoms with Crippen molar-refractivity contribution < 1.29 is 0 Å². The summed E-state index contributed by atoms with van der Waals surface area (Å²) in [4.78, 5) is 14.9. The lowest BCUT2D eigenvalue weighted by molar-refractivity contribution is 0.497. The molecule has 2 aromatic heterocycles. The zero-order chi connectivity index (χ0) is 14.4. The predicted octanol–water partition coefficient (Wildman–Crippen LogP) is 3.09. The van der Waals surface area contributed by atoms with Crippen LogP contribution in [-0.2, 0) is 0 Å². The molecule has 1 saturated heterocycles. The lowest BCUT2D eigenvalue weighted by Gasteiger charge is -2.39. The maximum Gasteiger partial charge on any atom is 0.224 e. The topological polar surface area (TPSA) is 46.8 Å². The number of hydrogen-bond donors (Lipinski definition) is 0. The first kappa shape index (κ1) is 12.9. The number of nitrogens with zero attached hydrogens (tertiary/aromatic N) is 5. The van der Waals surface area contributed by atoms with Gasteiger partial charge >= 0.3 is 0 Å². The first-order chi connectivity index (χ1) is 10.2. The third kappa shape index (κ3) is 2.13. The van der Waals surface area contributed by atoms with E-state index in [1.54, 1.807) is 10.3 Å². The number of imidazole rings is 1. The SMILES string of the molecule is Clc1nccc(N2CC(c3nc4ccccc4n3Cl)C2)n1. The minimum Gasteiger partial charge on any atom is -0.355 e. The molecule has 0 bridgehead atoms. The minimum absolute atomic E-state index is 0.264. The van der Waals surface area contributed by atoms with Crippen LogP contribution in [0.25, 0.3) is 11.0 Å². The first-order valence-corrected chi connectivity index (χ1v) is 7.31. The fourth-order valence-electron chi connectivity index (χ4n) is 2.60. The highest BCUT2D eigenvalue weighted by Gasteiger charge is 2.33. The number of hydrogen-bond acceptors (Lipinski definition) is 4. The largest absolute Gasteiger partial charge is 0.355 e. The Morgan fingerprint density at radius 2 is 1.90 bits per heavy atom. The van der Waals surface area contributed by atoms with Gasteiger partial charge in [-0.2, -0.15) is 0 Å². The van der Waals surface area contributed by atoms with Crippen LogP contribution in [0.4, 0.5) is 5.82 Å². The molecule has 1 aliphatic rings. The van der Waals surface area contributed by atoms with Crippen molar-refractivity contribution in [2.75, 3.05) is 18.0 Å². The Bertz CT molecular complexity index is 810. The van der Waals surface area contributed by atoms with E-state index >= 15 is 0 Å². The number of rotatable bonds is 2. The number of halogens is 2. The Hall–Kier alpha value is -1.85. The molecular weight excluding hydrogens is 309 g/mol. The van der Waals surface area contributed by atoms with Crippen LogP contribution in [0, 0.1) is 0 Å². The Morgan fingerprint density at radius 3 is 2.67 bits per heavy atom. The van der Waals surface area contributed by atoms with Crippen molar-refractivity contribution in [2.24, 2.45) is 0 Å². The van der Waals surface area contributed by atoms with Crippen LogP contribution in [0.2, 0.25) is 5.28 Å². The third-order valence-corrected chi connectivity index (χ3v) is 4.25. The molecule has 3 heterocycles. The van der Waals surface area contributed by atoms with Gasteiger partial charge in [0, 0.05) is 31.1 Å². The number of benzene rings is 1. The zero-order valence-corrected chi connectivity index (χ0v) is 12.5. The molecule has 0 atom stereocenters. The standard InChI is InChI=1S/C14H11Cl2N5/c15-14-17-6-5-12(19-14)20-7-9(8-20)13-18-10-3-1-2-4-11(10)21(13)16/h1-6,9H,7-8H2. The van der Waals surface area contributed by atoms with Crippen LogP contribution >= 0.6 is 23.4 Å². The molecule has 0 amide bonds. The van der Waals surface area contributed by atoms with Crippen molar-refractivity contribution in [3.05, 3.63) is 47.6 Å².